The van der Waals surface area contributed by atoms with Gasteiger partial charge in [0.15, 0.2) is 0 Å². The summed E-state index contributed by atoms with van der Waals surface area (Å²) in [6.45, 7) is 4.73. The molecule has 0 unspecified atom stereocenters. The number of hydrogen-bond acceptors (Lipinski definition) is 4. The van der Waals surface area contributed by atoms with Gasteiger partial charge >= 0.3 is 11.9 Å². The van der Waals surface area contributed by atoms with E-state index in [2.05, 4.69) is 15.9 Å². The van der Waals surface area contributed by atoms with E-state index in [4.69, 9.17) is 9.47 Å². The Morgan fingerprint density at radius 1 is 1.21 bits per heavy atom. The van der Waals surface area contributed by atoms with Gasteiger partial charge in [-0.2, -0.15) is 0 Å². The van der Waals surface area contributed by atoms with Crippen LogP contribution in [0.5, 0.6) is 0 Å². The largest absolute Gasteiger partial charge is 0.462 e. The molecule has 1 rings (SSSR count). The third-order valence-corrected chi connectivity index (χ3v) is 2.99. The minimum absolute atomic E-state index is 0.303. The second-order valence-corrected chi connectivity index (χ2v) is 4.58. The Labute approximate surface area is 121 Å². The summed E-state index contributed by atoms with van der Waals surface area (Å²) in [5.74, 6) is -0.849. The highest BCUT2D eigenvalue weighted by Crippen LogP contribution is 2.13. The second-order valence-electron chi connectivity index (χ2n) is 3.79. The monoisotopic (exact) mass is 331 g/mol. The van der Waals surface area contributed by atoms with Crippen LogP contribution in [0, 0.1) is 0 Å². The summed E-state index contributed by atoms with van der Waals surface area (Å²) >= 11 is 3.34. The van der Waals surface area contributed by atoms with Gasteiger partial charge in [-0.25, -0.2) is 9.59 Å². The number of rotatable bonds is 7. The maximum absolute atomic E-state index is 11.8. The summed E-state index contributed by atoms with van der Waals surface area (Å²) in [6.07, 6.45) is 2.48. The van der Waals surface area contributed by atoms with Crippen LogP contribution >= 0.6 is 15.9 Å². The fourth-order valence-corrected chi connectivity index (χ4v) is 1.88. The first-order valence-corrected chi connectivity index (χ1v) is 7.36. The van der Waals surface area contributed by atoms with Gasteiger partial charge in [0.25, 0.3) is 0 Å². The molecule has 0 saturated carbocycles. The fourth-order valence-electron chi connectivity index (χ4n) is 1.63. The molecule has 6 heteroatoms. The Morgan fingerprint density at radius 3 is 2.42 bits per heavy atom. The predicted molar refractivity (Wildman–Crippen MR) is 74.8 cm³/mol. The summed E-state index contributed by atoms with van der Waals surface area (Å²) in [6, 6.07) is 1.52. The first kappa shape index (κ1) is 15.8. The maximum atomic E-state index is 11.8. The van der Waals surface area contributed by atoms with Crippen LogP contribution in [0.2, 0.25) is 0 Å². The Balaban J connectivity index is 2.97. The van der Waals surface area contributed by atoms with Crippen LogP contribution in [0.4, 0.5) is 0 Å². The molecule has 0 spiro atoms. The van der Waals surface area contributed by atoms with Crippen LogP contribution in [0.25, 0.3) is 0 Å². The van der Waals surface area contributed by atoms with Gasteiger partial charge in [0, 0.05) is 18.1 Å². The van der Waals surface area contributed by atoms with Crippen molar-refractivity contribution in [1.82, 2.24) is 4.57 Å². The molecule has 0 aromatic carbocycles. The third-order valence-electron chi connectivity index (χ3n) is 2.42. The van der Waals surface area contributed by atoms with E-state index in [1.54, 1.807) is 24.6 Å². The van der Waals surface area contributed by atoms with Crippen molar-refractivity contribution in [3.05, 3.63) is 23.5 Å². The summed E-state index contributed by atoms with van der Waals surface area (Å²) < 4.78 is 11.6. The van der Waals surface area contributed by atoms with Crippen LogP contribution in [0.15, 0.2) is 12.3 Å². The van der Waals surface area contributed by atoms with Crippen molar-refractivity contribution in [2.45, 2.75) is 26.8 Å². The van der Waals surface area contributed by atoms with Crippen LogP contribution in [-0.4, -0.2) is 35.0 Å². The van der Waals surface area contributed by atoms with Crippen molar-refractivity contribution in [3.63, 3.8) is 0 Å². The second kappa shape index (κ2) is 7.99. The van der Waals surface area contributed by atoms with Crippen molar-refractivity contribution in [2.24, 2.45) is 0 Å². The van der Waals surface area contributed by atoms with Gasteiger partial charge in [-0.1, -0.05) is 15.9 Å². The molecule has 0 atom stereocenters. The van der Waals surface area contributed by atoms with Crippen LogP contribution in [0.3, 0.4) is 0 Å². The van der Waals surface area contributed by atoms with Crippen LogP contribution in [0.1, 0.15) is 41.1 Å². The SMILES string of the molecule is CCOC(=O)c1cc(C(=O)OCC)n(CCCBr)c1. The molecular formula is C13H18BrNO4. The van der Waals surface area contributed by atoms with E-state index in [1.807, 2.05) is 0 Å². The quantitative estimate of drug-likeness (QED) is 0.569. The lowest BCUT2D eigenvalue weighted by molar-refractivity contribution is 0.0512. The van der Waals surface area contributed by atoms with E-state index < -0.39 is 11.9 Å². The van der Waals surface area contributed by atoms with E-state index in [9.17, 15) is 9.59 Å². The molecule has 106 valence electrons. The van der Waals surface area contributed by atoms with E-state index in [0.29, 0.717) is 31.0 Å². The van der Waals surface area contributed by atoms with E-state index >= 15 is 0 Å². The first-order valence-electron chi connectivity index (χ1n) is 6.24. The molecule has 0 N–H and O–H groups in total. The van der Waals surface area contributed by atoms with Gasteiger partial charge in [-0.15, -0.1) is 0 Å². The van der Waals surface area contributed by atoms with Crippen molar-refractivity contribution in [1.29, 1.82) is 0 Å². The molecule has 1 aromatic heterocycles. The van der Waals surface area contributed by atoms with Gasteiger partial charge in [0.1, 0.15) is 5.69 Å². The van der Waals surface area contributed by atoms with E-state index in [-0.39, 0.29) is 0 Å². The summed E-state index contributed by atoms with van der Waals surface area (Å²) in [5.41, 5.74) is 0.755. The van der Waals surface area contributed by atoms with E-state index in [1.165, 1.54) is 6.07 Å². The molecule has 0 bridgehead atoms. The molecule has 0 fully saturated rings. The molecule has 0 aliphatic carbocycles. The average molecular weight is 332 g/mol. The molecule has 0 saturated heterocycles. The number of aryl methyl sites for hydroxylation is 1. The van der Waals surface area contributed by atoms with E-state index in [0.717, 1.165) is 11.8 Å². The molecule has 0 aliphatic rings. The number of carbonyl (C=O) groups is 2. The fraction of sp³-hybridized carbons (Fsp3) is 0.538. The Hall–Kier alpha value is -1.30. The third kappa shape index (κ3) is 4.38. The molecule has 1 heterocycles. The molecular weight excluding hydrogens is 314 g/mol. The highest BCUT2D eigenvalue weighted by atomic mass is 79.9. The molecule has 1 aromatic rings. The van der Waals surface area contributed by atoms with Gasteiger partial charge < -0.3 is 14.0 Å². The van der Waals surface area contributed by atoms with Crippen molar-refractivity contribution in [3.8, 4) is 0 Å². The number of nitrogens with zero attached hydrogens (tertiary/aromatic N) is 1. The number of alkyl halides is 1. The number of ether oxygens (including phenoxy) is 2. The minimum Gasteiger partial charge on any atom is -0.462 e. The highest BCUT2D eigenvalue weighted by Gasteiger charge is 2.18. The number of esters is 2. The van der Waals surface area contributed by atoms with Gasteiger partial charge in [-0.3, -0.25) is 0 Å². The van der Waals surface area contributed by atoms with Gasteiger partial charge in [-0.05, 0) is 26.3 Å². The molecule has 0 amide bonds. The normalized spacial score (nSPS) is 10.3. The predicted octanol–water partition coefficient (Wildman–Crippen LogP) is 2.63. The molecule has 19 heavy (non-hydrogen) atoms. The number of halogens is 1. The average Bonchev–Trinajstić information content (AvgIpc) is 2.81. The summed E-state index contributed by atoms with van der Waals surface area (Å²) in [7, 11) is 0. The summed E-state index contributed by atoms with van der Waals surface area (Å²) in [4.78, 5) is 23.5. The zero-order valence-electron chi connectivity index (χ0n) is 11.1. The lowest BCUT2D eigenvalue weighted by Crippen LogP contribution is -2.11. The first-order chi connectivity index (χ1) is 9.13. The minimum atomic E-state index is -0.425. The Kier molecular flexibility index (Phi) is 6.62. The zero-order valence-corrected chi connectivity index (χ0v) is 12.7. The van der Waals surface area contributed by atoms with Crippen molar-refractivity contribution < 1.29 is 19.1 Å². The number of carbonyl (C=O) groups excluding carboxylic acids is 2. The highest BCUT2D eigenvalue weighted by molar-refractivity contribution is 9.09. The van der Waals surface area contributed by atoms with Crippen LogP contribution < -0.4 is 0 Å². The summed E-state index contributed by atoms with van der Waals surface area (Å²) in [5, 5.41) is 0.822. The number of hydrogen-bond donors (Lipinski definition) is 0. The Bertz CT molecular complexity index is 442. The standard InChI is InChI=1S/C13H18BrNO4/c1-3-18-12(16)10-8-11(13(17)19-4-2)15(9-10)7-5-6-14/h8-9H,3-7H2,1-2H3. The molecule has 0 radical (unpaired) electrons. The van der Waals surface area contributed by atoms with Crippen molar-refractivity contribution >= 4 is 27.9 Å². The van der Waals surface area contributed by atoms with Crippen LogP contribution in [-0.2, 0) is 16.0 Å². The number of aromatic nitrogens is 1. The topological polar surface area (TPSA) is 57.5 Å². The van der Waals surface area contributed by atoms with Crippen molar-refractivity contribution in [2.75, 3.05) is 18.5 Å². The molecule has 0 aliphatic heterocycles. The molecule has 5 nitrogen and oxygen atoms in total. The lowest BCUT2D eigenvalue weighted by atomic mass is 10.3. The maximum Gasteiger partial charge on any atom is 0.354 e. The van der Waals surface area contributed by atoms with Gasteiger partial charge in [0.2, 0.25) is 0 Å². The smallest absolute Gasteiger partial charge is 0.354 e. The Morgan fingerprint density at radius 2 is 1.84 bits per heavy atom. The zero-order chi connectivity index (χ0) is 14.3. The lowest BCUT2D eigenvalue weighted by Gasteiger charge is -2.06. The van der Waals surface area contributed by atoms with Gasteiger partial charge in [0.05, 0.1) is 18.8 Å².